The highest BCUT2D eigenvalue weighted by Gasteiger charge is 2.23. The van der Waals surface area contributed by atoms with E-state index in [9.17, 15) is 9.59 Å². The molecule has 2 N–H and O–H groups in total. The molecule has 0 bridgehead atoms. The Kier molecular flexibility index (Phi) is 6.81. The number of benzene rings is 1. The summed E-state index contributed by atoms with van der Waals surface area (Å²) < 4.78 is 5.20. The summed E-state index contributed by atoms with van der Waals surface area (Å²) in [6, 6.07) is 7.57. The van der Waals surface area contributed by atoms with Gasteiger partial charge >= 0.3 is 0 Å². The monoisotopic (exact) mass is 316 g/mol. The highest BCUT2D eigenvalue weighted by molar-refractivity contribution is 5.95. The Morgan fingerprint density at radius 2 is 2.00 bits per heavy atom. The summed E-state index contributed by atoms with van der Waals surface area (Å²) in [6.45, 7) is 3.90. The van der Waals surface area contributed by atoms with Crippen LogP contribution in [0.5, 0.6) is 0 Å². The van der Waals surface area contributed by atoms with Crippen molar-refractivity contribution >= 4 is 17.9 Å². The van der Waals surface area contributed by atoms with Crippen LogP contribution in [0.2, 0.25) is 0 Å². The number of hydrogen-bond acceptors (Lipinski definition) is 3. The van der Waals surface area contributed by atoms with Crippen molar-refractivity contribution in [3.63, 3.8) is 0 Å². The van der Waals surface area contributed by atoms with Crippen molar-refractivity contribution < 1.29 is 14.3 Å². The molecule has 124 valence electrons. The molecule has 0 heterocycles. The van der Waals surface area contributed by atoms with Crippen LogP contribution in [0, 0.1) is 0 Å². The first-order valence-electron chi connectivity index (χ1n) is 8.13. The molecular weight excluding hydrogens is 292 g/mol. The van der Waals surface area contributed by atoms with E-state index in [1.54, 1.807) is 18.2 Å². The number of hydrogen-bond donors (Lipinski definition) is 2. The Hall–Kier alpha value is -2.14. The van der Waals surface area contributed by atoms with Gasteiger partial charge in [0.05, 0.1) is 0 Å². The summed E-state index contributed by atoms with van der Waals surface area (Å²) >= 11 is 0. The molecule has 1 aliphatic rings. The van der Waals surface area contributed by atoms with E-state index >= 15 is 0 Å². The highest BCUT2D eigenvalue weighted by atomic mass is 16.5. The molecule has 1 fully saturated rings. The van der Waals surface area contributed by atoms with E-state index < -0.39 is 0 Å². The number of ether oxygens (including phenoxy) is 1. The fraction of sp³-hybridized carbons (Fsp3) is 0.444. The first-order chi connectivity index (χ1) is 11.2. The Bertz CT molecular complexity index is 548. The molecule has 0 aliphatic heterocycles. The first-order valence-corrected chi connectivity index (χ1v) is 8.13. The lowest BCUT2D eigenvalue weighted by atomic mass is 10.1. The van der Waals surface area contributed by atoms with Crippen molar-refractivity contribution in [3.05, 3.63) is 41.5 Å². The second-order valence-corrected chi connectivity index (χ2v) is 5.54. The molecular formula is C18H24N2O3. The summed E-state index contributed by atoms with van der Waals surface area (Å²) in [7, 11) is 0. The standard InChI is InChI=1S/C18H24N2O3/c1-2-23-13-3-12-19-17(21)11-6-14-4-7-15(8-5-14)18(22)20-16-9-10-16/h4-8,11,16H,2-3,9-10,12-13H2,1H3,(H,19,21)(H,20,22)/b11-6+. The zero-order valence-electron chi connectivity index (χ0n) is 13.5. The zero-order valence-corrected chi connectivity index (χ0v) is 13.5. The van der Waals surface area contributed by atoms with Crippen molar-refractivity contribution in [1.29, 1.82) is 0 Å². The molecule has 23 heavy (non-hydrogen) atoms. The van der Waals surface area contributed by atoms with Crippen molar-refractivity contribution in [2.45, 2.75) is 32.2 Å². The van der Waals surface area contributed by atoms with Gasteiger partial charge < -0.3 is 15.4 Å². The average Bonchev–Trinajstić information content (AvgIpc) is 3.37. The second kappa shape index (κ2) is 9.10. The average molecular weight is 316 g/mol. The van der Waals surface area contributed by atoms with E-state index in [0.717, 1.165) is 24.8 Å². The van der Waals surface area contributed by atoms with E-state index in [4.69, 9.17) is 4.74 Å². The van der Waals surface area contributed by atoms with E-state index in [1.165, 1.54) is 6.08 Å². The molecule has 2 rings (SSSR count). The first kappa shape index (κ1) is 17.2. The van der Waals surface area contributed by atoms with Gasteiger partial charge in [-0.15, -0.1) is 0 Å². The van der Waals surface area contributed by atoms with E-state index in [1.807, 2.05) is 19.1 Å². The van der Waals surface area contributed by atoms with Crippen LogP contribution in [0.3, 0.4) is 0 Å². The van der Waals surface area contributed by atoms with E-state index in [2.05, 4.69) is 10.6 Å². The van der Waals surface area contributed by atoms with Crippen LogP contribution in [-0.4, -0.2) is 37.6 Å². The normalized spacial score (nSPS) is 14.0. The third-order valence-corrected chi connectivity index (χ3v) is 3.48. The molecule has 0 radical (unpaired) electrons. The van der Waals surface area contributed by atoms with Gasteiger partial charge in [-0.3, -0.25) is 9.59 Å². The molecule has 0 atom stereocenters. The minimum Gasteiger partial charge on any atom is -0.382 e. The number of carbonyl (C=O) groups is 2. The lowest BCUT2D eigenvalue weighted by Gasteiger charge is -2.04. The zero-order chi connectivity index (χ0) is 16.5. The van der Waals surface area contributed by atoms with Crippen LogP contribution < -0.4 is 10.6 Å². The molecule has 0 spiro atoms. The Morgan fingerprint density at radius 1 is 1.26 bits per heavy atom. The molecule has 5 heteroatoms. The molecule has 0 aromatic heterocycles. The number of nitrogens with one attached hydrogen (secondary N) is 2. The molecule has 5 nitrogen and oxygen atoms in total. The lowest BCUT2D eigenvalue weighted by molar-refractivity contribution is -0.116. The molecule has 0 unspecified atom stereocenters. The summed E-state index contributed by atoms with van der Waals surface area (Å²) in [5.41, 5.74) is 1.53. The van der Waals surface area contributed by atoms with Gasteiger partial charge in [0.1, 0.15) is 0 Å². The molecule has 1 aromatic rings. The molecule has 0 saturated heterocycles. The number of carbonyl (C=O) groups excluding carboxylic acids is 2. The van der Waals surface area contributed by atoms with Crippen molar-refractivity contribution in [2.75, 3.05) is 19.8 Å². The maximum absolute atomic E-state index is 11.9. The Labute approximate surface area is 137 Å². The predicted octanol–water partition coefficient (Wildman–Crippen LogP) is 2.13. The highest BCUT2D eigenvalue weighted by Crippen LogP contribution is 2.19. The van der Waals surface area contributed by atoms with Crippen LogP contribution >= 0.6 is 0 Å². The van der Waals surface area contributed by atoms with E-state index in [-0.39, 0.29) is 11.8 Å². The SMILES string of the molecule is CCOCCCNC(=O)/C=C/c1ccc(C(=O)NC2CC2)cc1. The number of rotatable bonds is 9. The third-order valence-electron chi connectivity index (χ3n) is 3.48. The van der Waals surface area contributed by atoms with Crippen LogP contribution in [0.1, 0.15) is 42.1 Å². The predicted molar refractivity (Wildman–Crippen MR) is 90.1 cm³/mol. The lowest BCUT2D eigenvalue weighted by Crippen LogP contribution is -2.25. The smallest absolute Gasteiger partial charge is 0.251 e. The molecule has 1 aliphatic carbocycles. The third kappa shape index (κ3) is 6.65. The van der Waals surface area contributed by atoms with Gasteiger partial charge in [-0.1, -0.05) is 12.1 Å². The fourth-order valence-corrected chi connectivity index (χ4v) is 2.00. The minimum absolute atomic E-state index is 0.0323. The Morgan fingerprint density at radius 3 is 2.65 bits per heavy atom. The number of amides is 2. The van der Waals surface area contributed by atoms with Crippen molar-refractivity contribution in [3.8, 4) is 0 Å². The summed E-state index contributed by atoms with van der Waals surface area (Å²) in [4.78, 5) is 23.5. The van der Waals surface area contributed by atoms with Crippen LogP contribution in [0.25, 0.3) is 6.08 Å². The van der Waals surface area contributed by atoms with Gasteiger partial charge in [0, 0.05) is 37.4 Å². The molecule has 1 aromatic carbocycles. The van der Waals surface area contributed by atoms with Gasteiger partial charge in [-0.05, 0) is 50.0 Å². The quantitative estimate of drug-likeness (QED) is 0.542. The minimum atomic E-state index is -0.128. The summed E-state index contributed by atoms with van der Waals surface area (Å²) in [6.07, 6.45) is 6.19. The topological polar surface area (TPSA) is 67.4 Å². The second-order valence-electron chi connectivity index (χ2n) is 5.54. The largest absolute Gasteiger partial charge is 0.382 e. The van der Waals surface area contributed by atoms with Crippen LogP contribution in [-0.2, 0) is 9.53 Å². The molecule has 2 amide bonds. The van der Waals surface area contributed by atoms with Crippen LogP contribution in [0.15, 0.2) is 30.3 Å². The maximum atomic E-state index is 11.9. The van der Waals surface area contributed by atoms with Gasteiger partial charge in [0.15, 0.2) is 0 Å². The van der Waals surface area contributed by atoms with Gasteiger partial charge in [0.25, 0.3) is 5.91 Å². The fourth-order valence-electron chi connectivity index (χ4n) is 2.00. The van der Waals surface area contributed by atoms with Gasteiger partial charge in [-0.2, -0.15) is 0 Å². The Balaban J connectivity index is 1.73. The van der Waals surface area contributed by atoms with E-state index in [0.29, 0.717) is 31.4 Å². The summed E-state index contributed by atoms with van der Waals surface area (Å²) in [5.74, 6) is -0.160. The molecule has 1 saturated carbocycles. The van der Waals surface area contributed by atoms with Gasteiger partial charge in [0.2, 0.25) is 5.91 Å². The summed E-state index contributed by atoms with van der Waals surface area (Å²) in [5, 5.41) is 5.75. The maximum Gasteiger partial charge on any atom is 0.251 e. The van der Waals surface area contributed by atoms with Crippen molar-refractivity contribution in [2.24, 2.45) is 0 Å². The van der Waals surface area contributed by atoms with Crippen molar-refractivity contribution in [1.82, 2.24) is 10.6 Å². The van der Waals surface area contributed by atoms with Crippen LogP contribution in [0.4, 0.5) is 0 Å². The van der Waals surface area contributed by atoms with Gasteiger partial charge in [-0.25, -0.2) is 0 Å².